The van der Waals surface area contributed by atoms with Crippen LogP contribution < -0.4 is 0 Å². The molecule has 0 aliphatic heterocycles. The third kappa shape index (κ3) is 5.60. The summed E-state index contributed by atoms with van der Waals surface area (Å²) in [6.45, 7) is 0. The van der Waals surface area contributed by atoms with Crippen molar-refractivity contribution >= 4 is 27.8 Å². The number of hydrogen-bond donors (Lipinski definition) is 1. The molecule has 0 saturated carbocycles. The predicted molar refractivity (Wildman–Crippen MR) is 139 cm³/mol. The van der Waals surface area contributed by atoms with Gasteiger partial charge in [0, 0.05) is 49.4 Å². The molecule has 9 heteroatoms. The number of H-pyrrole nitrogens is 1. The van der Waals surface area contributed by atoms with Crippen molar-refractivity contribution in [2.45, 2.75) is 0 Å². The van der Waals surface area contributed by atoms with Crippen LogP contribution in [0.2, 0.25) is 0 Å². The Bertz CT molecular complexity index is 1390. The maximum absolute atomic E-state index is 4.08. The Hall–Kier alpha value is -5.31. The minimum absolute atomic E-state index is 0.887. The molecule has 0 amide bonds. The van der Waals surface area contributed by atoms with Crippen LogP contribution in [0.5, 0.6) is 0 Å². The molecule has 36 heavy (non-hydrogen) atoms. The quantitative estimate of drug-likeness (QED) is 0.336. The van der Waals surface area contributed by atoms with E-state index in [1.165, 1.54) is 0 Å². The van der Waals surface area contributed by atoms with Crippen LogP contribution in [0.25, 0.3) is 27.8 Å². The zero-order valence-electron chi connectivity index (χ0n) is 19.3. The second-order valence-electron chi connectivity index (χ2n) is 7.47. The highest BCUT2D eigenvalue weighted by Crippen LogP contribution is 2.05. The van der Waals surface area contributed by atoms with E-state index < -0.39 is 0 Å². The number of fused-ring (bicyclic) bond motifs is 4. The molecule has 1 aromatic carbocycles. The van der Waals surface area contributed by atoms with Crippen LogP contribution in [0, 0.1) is 0 Å². The molecule has 1 N–H and O–H groups in total. The first kappa shape index (κ1) is 22.5. The summed E-state index contributed by atoms with van der Waals surface area (Å²) in [6, 6.07) is 25.5. The second kappa shape index (κ2) is 11.2. The van der Waals surface area contributed by atoms with Gasteiger partial charge in [-0.25, -0.2) is 24.0 Å². The van der Waals surface area contributed by atoms with Gasteiger partial charge in [0.1, 0.15) is 5.65 Å². The molecule has 0 spiro atoms. The van der Waals surface area contributed by atoms with Gasteiger partial charge in [-0.15, -0.1) is 0 Å². The minimum atomic E-state index is 0.887. The summed E-state index contributed by atoms with van der Waals surface area (Å²) in [5.74, 6) is 0. The van der Waals surface area contributed by atoms with Crippen molar-refractivity contribution in [2.24, 2.45) is 0 Å². The van der Waals surface area contributed by atoms with Gasteiger partial charge < -0.3 is 9.38 Å². The standard InChI is InChI=1S/3C7H6N2.C6H5N3/c1-2-6-9-7(3-1)4-5-8-9;1-2-5-9-6-4-8-7(9)3-1;1-2-4-7-6(3-1)8-5-9-7;1-3-7-6-2-4-8-9(6)5-1/h2*1-6H;1-5H,(H,8,9);1-5H. The van der Waals surface area contributed by atoms with E-state index in [9.17, 15) is 0 Å². The Morgan fingerprint density at radius 1 is 0.528 bits per heavy atom. The van der Waals surface area contributed by atoms with Crippen molar-refractivity contribution in [3.05, 3.63) is 135 Å². The molecule has 8 aromatic rings. The fraction of sp³-hybridized carbons (Fsp3) is 0. The lowest BCUT2D eigenvalue weighted by atomic mass is 10.3. The Kier molecular flexibility index (Phi) is 7.00. The van der Waals surface area contributed by atoms with E-state index in [1.807, 2.05) is 113 Å². The van der Waals surface area contributed by atoms with Gasteiger partial charge in [0.25, 0.3) is 0 Å². The number of nitrogens with one attached hydrogen (secondary N) is 1. The molecule has 0 fully saturated rings. The molecular formula is C27H23N9. The normalized spacial score (nSPS) is 10.2. The van der Waals surface area contributed by atoms with Crippen molar-refractivity contribution in [3.8, 4) is 0 Å². The fourth-order valence-electron chi connectivity index (χ4n) is 3.37. The lowest BCUT2D eigenvalue weighted by Crippen LogP contribution is -1.85. The number of aromatic nitrogens is 9. The summed E-state index contributed by atoms with van der Waals surface area (Å²) in [7, 11) is 0. The Balaban J connectivity index is 0.0000000988. The lowest BCUT2D eigenvalue weighted by molar-refractivity contribution is 0.939. The summed E-state index contributed by atoms with van der Waals surface area (Å²) in [5.41, 5.74) is 5.14. The molecule has 7 aromatic heterocycles. The molecule has 0 saturated heterocycles. The second-order valence-corrected chi connectivity index (χ2v) is 7.47. The maximum Gasteiger partial charge on any atom is 0.154 e. The number of pyridine rings is 2. The van der Waals surface area contributed by atoms with Crippen LogP contribution >= 0.6 is 0 Å². The molecule has 7 heterocycles. The maximum atomic E-state index is 4.08. The fourth-order valence-corrected chi connectivity index (χ4v) is 3.37. The van der Waals surface area contributed by atoms with Crippen LogP contribution in [-0.2, 0) is 0 Å². The van der Waals surface area contributed by atoms with Gasteiger partial charge in [0.05, 0.1) is 29.1 Å². The van der Waals surface area contributed by atoms with Crippen molar-refractivity contribution < 1.29 is 0 Å². The first-order valence-corrected chi connectivity index (χ1v) is 11.3. The predicted octanol–water partition coefficient (Wildman–Crippen LogP) is 4.96. The van der Waals surface area contributed by atoms with Crippen LogP contribution in [0.1, 0.15) is 0 Å². The van der Waals surface area contributed by atoms with E-state index >= 15 is 0 Å². The Labute approximate surface area is 206 Å². The van der Waals surface area contributed by atoms with E-state index in [0.717, 1.165) is 27.8 Å². The van der Waals surface area contributed by atoms with E-state index in [-0.39, 0.29) is 0 Å². The number of benzene rings is 1. The average molecular weight is 474 g/mol. The van der Waals surface area contributed by atoms with Crippen molar-refractivity contribution in [2.75, 3.05) is 0 Å². The van der Waals surface area contributed by atoms with Gasteiger partial charge in [0.15, 0.2) is 5.65 Å². The number of para-hydroxylation sites is 2. The SMILES string of the molecule is c1ccc2[nH]cnc2c1.c1ccn2ccnc2c1.c1ccn2nccc2c1.c1cnc2ccnn2c1. The number of hydrogen-bond acceptors (Lipinski definition) is 5. The summed E-state index contributed by atoms with van der Waals surface area (Å²) in [5, 5.41) is 8.01. The highest BCUT2D eigenvalue weighted by atomic mass is 15.2. The summed E-state index contributed by atoms with van der Waals surface area (Å²) in [6.07, 6.45) is 16.4. The largest absolute Gasteiger partial charge is 0.345 e. The lowest BCUT2D eigenvalue weighted by Gasteiger charge is -1.86. The summed E-state index contributed by atoms with van der Waals surface area (Å²) >= 11 is 0. The first-order valence-electron chi connectivity index (χ1n) is 11.3. The topological polar surface area (TPSA) is 93.5 Å². The van der Waals surface area contributed by atoms with Crippen LogP contribution in [-0.4, -0.2) is 43.6 Å². The van der Waals surface area contributed by atoms with E-state index in [2.05, 4.69) is 30.1 Å². The van der Waals surface area contributed by atoms with Crippen LogP contribution in [0.15, 0.2) is 135 Å². The van der Waals surface area contributed by atoms with Gasteiger partial charge >= 0.3 is 0 Å². The Morgan fingerprint density at radius 2 is 1.31 bits per heavy atom. The minimum Gasteiger partial charge on any atom is -0.345 e. The molecule has 0 bridgehead atoms. The molecule has 176 valence electrons. The van der Waals surface area contributed by atoms with Gasteiger partial charge in [0.2, 0.25) is 0 Å². The highest BCUT2D eigenvalue weighted by molar-refractivity contribution is 5.73. The Morgan fingerprint density at radius 3 is 2.19 bits per heavy atom. The molecule has 8 rings (SSSR count). The van der Waals surface area contributed by atoms with Gasteiger partial charge in [-0.2, -0.15) is 10.2 Å². The number of imidazole rings is 2. The van der Waals surface area contributed by atoms with Crippen LogP contribution in [0.4, 0.5) is 0 Å². The third-order valence-corrected chi connectivity index (χ3v) is 5.11. The molecule has 0 radical (unpaired) electrons. The summed E-state index contributed by atoms with van der Waals surface area (Å²) in [4.78, 5) is 15.2. The number of aromatic amines is 1. The van der Waals surface area contributed by atoms with E-state index in [1.54, 1.807) is 35.6 Å². The van der Waals surface area contributed by atoms with Crippen molar-refractivity contribution in [1.82, 2.24) is 43.6 Å². The van der Waals surface area contributed by atoms with Gasteiger partial charge in [-0.3, -0.25) is 0 Å². The van der Waals surface area contributed by atoms with E-state index in [4.69, 9.17) is 0 Å². The third-order valence-electron chi connectivity index (χ3n) is 5.11. The van der Waals surface area contributed by atoms with Crippen molar-refractivity contribution in [1.29, 1.82) is 0 Å². The molecule has 0 aliphatic carbocycles. The van der Waals surface area contributed by atoms with Gasteiger partial charge in [-0.05, 0) is 48.5 Å². The summed E-state index contributed by atoms with van der Waals surface area (Å²) < 4.78 is 5.53. The highest BCUT2D eigenvalue weighted by Gasteiger charge is 1.89. The number of nitrogens with zero attached hydrogens (tertiary/aromatic N) is 8. The van der Waals surface area contributed by atoms with Crippen LogP contribution in [0.3, 0.4) is 0 Å². The molecule has 0 unspecified atom stereocenters. The smallest absolute Gasteiger partial charge is 0.154 e. The van der Waals surface area contributed by atoms with E-state index in [0.29, 0.717) is 0 Å². The first-order chi connectivity index (χ1) is 17.9. The molecule has 0 aliphatic rings. The monoisotopic (exact) mass is 473 g/mol. The average Bonchev–Trinajstić information content (AvgIpc) is 3.76. The van der Waals surface area contributed by atoms with Crippen molar-refractivity contribution in [3.63, 3.8) is 0 Å². The molecule has 0 atom stereocenters. The molecular weight excluding hydrogens is 450 g/mol. The zero-order valence-corrected chi connectivity index (χ0v) is 19.3. The number of rotatable bonds is 0. The van der Waals surface area contributed by atoms with Gasteiger partial charge in [-0.1, -0.05) is 24.3 Å². The zero-order chi connectivity index (χ0) is 24.4. The molecule has 9 nitrogen and oxygen atoms in total.